The summed E-state index contributed by atoms with van der Waals surface area (Å²) in [6, 6.07) is 0.465. The third kappa shape index (κ3) is 2.37. The van der Waals surface area contributed by atoms with Gasteiger partial charge in [-0.3, -0.25) is 4.79 Å². The van der Waals surface area contributed by atoms with Crippen LogP contribution < -0.4 is 5.43 Å². The molecule has 1 aliphatic rings. The largest absolute Gasteiger partial charge is 0.459 e. The minimum atomic E-state index is -5.76. The number of halogens is 5. The minimum Gasteiger partial charge on any atom is -0.273 e. The molecule has 0 fully saturated rings. The van der Waals surface area contributed by atoms with Gasteiger partial charge in [0.25, 0.3) is 0 Å². The Hall–Kier alpha value is -2.13. The van der Waals surface area contributed by atoms with Gasteiger partial charge in [0.1, 0.15) is 12.0 Å². The maximum absolute atomic E-state index is 13.1. The Labute approximate surface area is 102 Å². The average molecular weight is 280 g/mol. The van der Waals surface area contributed by atoms with Crippen LogP contribution in [0.5, 0.6) is 0 Å². The van der Waals surface area contributed by atoms with Crippen molar-refractivity contribution in [2.45, 2.75) is 18.5 Å². The lowest BCUT2D eigenvalue weighted by atomic mass is 10.1. The molecule has 0 bridgehead atoms. The Kier molecular flexibility index (Phi) is 2.95. The maximum atomic E-state index is 13.1. The quantitative estimate of drug-likeness (QED) is 0.832. The van der Waals surface area contributed by atoms with Gasteiger partial charge in [-0.15, -0.1) is 0 Å². The average Bonchev–Trinajstić information content (AvgIpc) is 2.75. The molecule has 0 spiro atoms. The molecule has 0 atom stereocenters. The number of nitrogens with one attached hydrogen (secondary N) is 1. The van der Waals surface area contributed by atoms with E-state index in [-0.39, 0.29) is 17.8 Å². The molecule has 2 heterocycles. The molecule has 1 N–H and O–H groups in total. The first-order chi connectivity index (χ1) is 8.72. The molecule has 0 aromatic carbocycles. The van der Waals surface area contributed by atoms with Crippen LogP contribution in [0.4, 0.5) is 22.0 Å². The zero-order valence-electron chi connectivity index (χ0n) is 9.00. The lowest BCUT2D eigenvalue weighted by molar-refractivity contribution is -0.291. The normalized spacial score (nSPS) is 16.3. The molecule has 0 saturated heterocycles. The molecular formula is C9H5F5N4O. The standard InChI is InChI=1S/C9H5F5N4O/c10-8(11,9(12,13)14)6-1-4(15-3-16-6)5-2-7(19)18-17-5/h1,3H,2H2,(H,18,19). The van der Waals surface area contributed by atoms with Gasteiger partial charge in [-0.2, -0.15) is 27.1 Å². The summed E-state index contributed by atoms with van der Waals surface area (Å²) >= 11 is 0. The van der Waals surface area contributed by atoms with Gasteiger partial charge in [-0.25, -0.2) is 15.4 Å². The fourth-order valence-corrected chi connectivity index (χ4v) is 1.34. The van der Waals surface area contributed by atoms with E-state index in [1.807, 2.05) is 5.43 Å². The molecule has 5 nitrogen and oxygen atoms in total. The van der Waals surface area contributed by atoms with Crippen LogP contribution in [0.1, 0.15) is 17.8 Å². The van der Waals surface area contributed by atoms with Gasteiger partial charge in [0.05, 0.1) is 17.8 Å². The first kappa shape index (κ1) is 13.3. The van der Waals surface area contributed by atoms with Gasteiger partial charge in [-0.1, -0.05) is 0 Å². The Morgan fingerprint density at radius 1 is 1.16 bits per heavy atom. The number of hydrazone groups is 1. The molecule has 1 aromatic rings. The van der Waals surface area contributed by atoms with Crippen molar-refractivity contribution >= 4 is 11.6 Å². The van der Waals surface area contributed by atoms with Crippen molar-refractivity contribution in [1.82, 2.24) is 15.4 Å². The SMILES string of the molecule is O=C1CC(c2cc(C(F)(F)C(F)(F)F)ncn2)=NN1. The number of aromatic nitrogens is 2. The summed E-state index contributed by atoms with van der Waals surface area (Å²) in [5, 5.41) is 3.47. The van der Waals surface area contributed by atoms with E-state index in [0.717, 1.165) is 0 Å². The van der Waals surface area contributed by atoms with Crippen molar-refractivity contribution in [2.24, 2.45) is 5.10 Å². The molecule has 2 rings (SSSR count). The van der Waals surface area contributed by atoms with Crippen molar-refractivity contribution in [1.29, 1.82) is 0 Å². The number of hydrogen-bond donors (Lipinski definition) is 1. The second-order valence-corrected chi connectivity index (χ2v) is 3.63. The van der Waals surface area contributed by atoms with Crippen molar-refractivity contribution in [3.05, 3.63) is 23.8 Å². The predicted octanol–water partition coefficient (Wildman–Crippen LogP) is 1.35. The molecule has 0 saturated carbocycles. The van der Waals surface area contributed by atoms with Crippen LogP contribution >= 0.6 is 0 Å². The Morgan fingerprint density at radius 2 is 1.84 bits per heavy atom. The molecular weight excluding hydrogens is 275 g/mol. The van der Waals surface area contributed by atoms with Crippen LogP contribution in [0.15, 0.2) is 17.5 Å². The van der Waals surface area contributed by atoms with Crippen LogP contribution in [0.3, 0.4) is 0 Å². The molecule has 0 unspecified atom stereocenters. The van der Waals surface area contributed by atoms with E-state index < -0.39 is 23.7 Å². The molecule has 1 aromatic heterocycles. The second kappa shape index (κ2) is 4.21. The summed E-state index contributed by atoms with van der Waals surface area (Å²) in [4.78, 5) is 17.3. The van der Waals surface area contributed by atoms with E-state index in [1.165, 1.54) is 0 Å². The van der Waals surface area contributed by atoms with Crippen LogP contribution in [-0.4, -0.2) is 27.8 Å². The first-order valence-electron chi connectivity index (χ1n) is 4.84. The minimum absolute atomic E-state index is 0.0216. The van der Waals surface area contributed by atoms with Crippen LogP contribution in [-0.2, 0) is 10.7 Å². The highest BCUT2D eigenvalue weighted by atomic mass is 19.4. The van der Waals surface area contributed by atoms with E-state index in [9.17, 15) is 26.7 Å². The fourth-order valence-electron chi connectivity index (χ4n) is 1.34. The Balaban J connectivity index is 2.38. The van der Waals surface area contributed by atoms with Crippen molar-refractivity contribution in [3.63, 3.8) is 0 Å². The Bertz CT molecular complexity index is 554. The smallest absolute Gasteiger partial charge is 0.273 e. The predicted molar refractivity (Wildman–Crippen MR) is 51.3 cm³/mol. The molecule has 10 heteroatoms. The van der Waals surface area contributed by atoms with E-state index >= 15 is 0 Å². The summed E-state index contributed by atoms with van der Waals surface area (Å²) in [6.45, 7) is 0. The summed E-state index contributed by atoms with van der Waals surface area (Å²) < 4.78 is 62.7. The van der Waals surface area contributed by atoms with Gasteiger partial charge < -0.3 is 0 Å². The van der Waals surface area contributed by atoms with Gasteiger partial charge >= 0.3 is 12.1 Å². The van der Waals surface area contributed by atoms with Gasteiger partial charge in [0, 0.05) is 0 Å². The number of amides is 1. The van der Waals surface area contributed by atoms with E-state index in [1.54, 1.807) is 0 Å². The summed E-state index contributed by atoms with van der Waals surface area (Å²) in [7, 11) is 0. The lowest BCUT2D eigenvalue weighted by Crippen LogP contribution is -2.34. The van der Waals surface area contributed by atoms with Crippen molar-refractivity contribution in [3.8, 4) is 0 Å². The van der Waals surface area contributed by atoms with Crippen LogP contribution in [0, 0.1) is 0 Å². The summed E-state index contributed by atoms with van der Waals surface area (Å²) in [5.41, 5.74) is 0.263. The van der Waals surface area contributed by atoms with E-state index in [2.05, 4.69) is 15.1 Å². The highest BCUT2D eigenvalue weighted by molar-refractivity contribution is 6.12. The topological polar surface area (TPSA) is 67.2 Å². The zero-order valence-corrected chi connectivity index (χ0v) is 9.00. The van der Waals surface area contributed by atoms with Crippen LogP contribution in [0.25, 0.3) is 0 Å². The Morgan fingerprint density at radius 3 is 2.37 bits per heavy atom. The van der Waals surface area contributed by atoms with Crippen LogP contribution in [0.2, 0.25) is 0 Å². The number of rotatable bonds is 2. The third-order valence-electron chi connectivity index (χ3n) is 2.28. The monoisotopic (exact) mass is 280 g/mol. The number of carbonyl (C=O) groups excluding carboxylic acids is 1. The lowest BCUT2D eigenvalue weighted by Gasteiger charge is -2.18. The molecule has 102 valence electrons. The van der Waals surface area contributed by atoms with Gasteiger partial charge in [0.15, 0.2) is 0 Å². The molecule has 0 radical (unpaired) electrons. The first-order valence-corrected chi connectivity index (χ1v) is 4.84. The van der Waals surface area contributed by atoms with E-state index in [4.69, 9.17) is 0 Å². The maximum Gasteiger partial charge on any atom is 0.459 e. The highest BCUT2D eigenvalue weighted by Gasteiger charge is 2.60. The number of hydrogen-bond acceptors (Lipinski definition) is 4. The molecule has 0 aliphatic carbocycles. The number of nitrogens with zero attached hydrogens (tertiary/aromatic N) is 3. The number of alkyl halides is 5. The van der Waals surface area contributed by atoms with Crippen molar-refractivity contribution < 1.29 is 26.7 Å². The number of carbonyl (C=O) groups is 1. The molecule has 1 amide bonds. The van der Waals surface area contributed by atoms with Gasteiger partial charge in [-0.05, 0) is 6.07 Å². The van der Waals surface area contributed by atoms with E-state index in [0.29, 0.717) is 12.4 Å². The fraction of sp³-hybridized carbons (Fsp3) is 0.333. The second-order valence-electron chi connectivity index (χ2n) is 3.63. The third-order valence-corrected chi connectivity index (χ3v) is 2.28. The molecule has 19 heavy (non-hydrogen) atoms. The molecule has 1 aliphatic heterocycles. The van der Waals surface area contributed by atoms with Gasteiger partial charge in [0.2, 0.25) is 5.91 Å². The summed E-state index contributed by atoms with van der Waals surface area (Å²) in [6.07, 6.45) is -5.44. The van der Waals surface area contributed by atoms with Crippen molar-refractivity contribution in [2.75, 3.05) is 0 Å². The highest BCUT2D eigenvalue weighted by Crippen LogP contribution is 2.42. The zero-order chi connectivity index (χ0) is 14.3. The summed E-state index contributed by atoms with van der Waals surface area (Å²) in [5.74, 6) is -5.60.